The molecule has 0 radical (unpaired) electrons. The molecule has 2 rings (SSSR count). The molecule has 0 spiro atoms. The predicted octanol–water partition coefficient (Wildman–Crippen LogP) is 1.99. The van der Waals surface area contributed by atoms with Crippen molar-refractivity contribution in [2.75, 3.05) is 6.54 Å². The Hall–Kier alpha value is -1.39. The maximum atomic E-state index is 10.1. The van der Waals surface area contributed by atoms with E-state index < -0.39 is 6.10 Å². The third-order valence-corrected chi connectivity index (χ3v) is 3.41. The summed E-state index contributed by atoms with van der Waals surface area (Å²) in [5, 5.41) is 13.4. The number of benzene rings is 1. The van der Waals surface area contributed by atoms with Crippen LogP contribution in [0.15, 0.2) is 24.5 Å². The summed E-state index contributed by atoms with van der Waals surface area (Å²) in [7, 11) is 1.97. The molecule has 0 aliphatic heterocycles. The van der Waals surface area contributed by atoms with Gasteiger partial charge in [-0.05, 0) is 31.0 Å². The van der Waals surface area contributed by atoms with E-state index in [9.17, 15) is 5.11 Å². The van der Waals surface area contributed by atoms with Gasteiger partial charge in [-0.1, -0.05) is 13.0 Å². The van der Waals surface area contributed by atoms with Gasteiger partial charge in [0.2, 0.25) is 0 Å². The van der Waals surface area contributed by atoms with Crippen molar-refractivity contribution in [3.05, 3.63) is 30.1 Å². The summed E-state index contributed by atoms with van der Waals surface area (Å²) in [5.74, 6) is 0. The standard InChI is InChI=1S/C14H21N3O/c1-4-10(2)15-8-14(18)11-5-6-13-12(7-11)16-9-17(13)3/h5-7,9-10,14-15,18H,4,8H2,1-3H3. The summed E-state index contributed by atoms with van der Waals surface area (Å²) in [4.78, 5) is 4.30. The van der Waals surface area contributed by atoms with E-state index in [1.807, 2.05) is 29.8 Å². The molecule has 1 aromatic heterocycles. The number of aliphatic hydroxyl groups is 1. The third kappa shape index (κ3) is 2.71. The van der Waals surface area contributed by atoms with Gasteiger partial charge in [0.1, 0.15) is 0 Å². The highest BCUT2D eigenvalue weighted by molar-refractivity contribution is 5.76. The van der Waals surface area contributed by atoms with Crippen molar-refractivity contribution >= 4 is 11.0 Å². The second-order valence-electron chi connectivity index (χ2n) is 4.84. The van der Waals surface area contributed by atoms with Crippen LogP contribution in [0, 0.1) is 0 Å². The van der Waals surface area contributed by atoms with Crippen LogP contribution in [0.1, 0.15) is 31.9 Å². The van der Waals surface area contributed by atoms with Crippen molar-refractivity contribution in [2.24, 2.45) is 7.05 Å². The normalized spacial score (nSPS) is 14.9. The second-order valence-corrected chi connectivity index (χ2v) is 4.84. The molecule has 0 bridgehead atoms. The minimum atomic E-state index is -0.481. The average Bonchev–Trinajstić information content (AvgIpc) is 2.76. The molecule has 0 saturated heterocycles. The van der Waals surface area contributed by atoms with Crippen molar-refractivity contribution in [1.82, 2.24) is 14.9 Å². The first-order valence-electron chi connectivity index (χ1n) is 6.44. The van der Waals surface area contributed by atoms with Crippen molar-refractivity contribution < 1.29 is 5.11 Å². The van der Waals surface area contributed by atoms with Crippen LogP contribution in [0.25, 0.3) is 11.0 Å². The van der Waals surface area contributed by atoms with E-state index in [-0.39, 0.29) is 0 Å². The first-order valence-corrected chi connectivity index (χ1v) is 6.44. The summed E-state index contributed by atoms with van der Waals surface area (Å²) in [5.41, 5.74) is 2.93. The third-order valence-electron chi connectivity index (χ3n) is 3.41. The monoisotopic (exact) mass is 247 g/mol. The predicted molar refractivity (Wildman–Crippen MR) is 73.4 cm³/mol. The molecule has 1 heterocycles. The fourth-order valence-corrected chi connectivity index (χ4v) is 1.94. The number of fused-ring (bicyclic) bond motifs is 1. The van der Waals surface area contributed by atoms with Gasteiger partial charge in [-0.25, -0.2) is 4.98 Å². The number of hydrogen-bond donors (Lipinski definition) is 2. The first-order chi connectivity index (χ1) is 8.61. The van der Waals surface area contributed by atoms with E-state index in [1.54, 1.807) is 6.33 Å². The molecule has 4 nitrogen and oxygen atoms in total. The molecule has 2 aromatic rings. The maximum absolute atomic E-state index is 10.1. The van der Waals surface area contributed by atoms with Crippen LogP contribution in [0.3, 0.4) is 0 Å². The van der Waals surface area contributed by atoms with Gasteiger partial charge in [0.05, 0.1) is 23.5 Å². The Morgan fingerprint density at radius 1 is 1.44 bits per heavy atom. The van der Waals surface area contributed by atoms with Crippen LogP contribution >= 0.6 is 0 Å². The van der Waals surface area contributed by atoms with Crippen LogP contribution in [0.5, 0.6) is 0 Å². The van der Waals surface area contributed by atoms with Gasteiger partial charge in [-0.2, -0.15) is 0 Å². The highest BCUT2D eigenvalue weighted by atomic mass is 16.3. The van der Waals surface area contributed by atoms with Gasteiger partial charge in [0, 0.05) is 19.6 Å². The molecule has 2 N–H and O–H groups in total. The lowest BCUT2D eigenvalue weighted by Crippen LogP contribution is -2.29. The molecule has 2 atom stereocenters. The Labute approximate surface area is 108 Å². The lowest BCUT2D eigenvalue weighted by molar-refractivity contribution is 0.170. The van der Waals surface area contributed by atoms with Crippen LogP contribution in [0.2, 0.25) is 0 Å². The number of aliphatic hydroxyl groups excluding tert-OH is 1. The highest BCUT2D eigenvalue weighted by Crippen LogP contribution is 2.19. The van der Waals surface area contributed by atoms with Gasteiger partial charge in [0.15, 0.2) is 0 Å². The molecule has 0 aliphatic rings. The van der Waals surface area contributed by atoms with Crippen LogP contribution in [-0.2, 0) is 7.05 Å². The zero-order valence-electron chi connectivity index (χ0n) is 11.2. The molecule has 18 heavy (non-hydrogen) atoms. The van der Waals surface area contributed by atoms with Crippen LogP contribution in [-0.4, -0.2) is 27.2 Å². The van der Waals surface area contributed by atoms with E-state index in [4.69, 9.17) is 0 Å². The van der Waals surface area contributed by atoms with Crippen molar-refractivity contribution in [3.8, 4) is 0 Å². The van der Waals surface area contributed by atoms with E-state index in [0.717, 1.165) is 23.0 Å². The Morgan fingerprint density at radius 3 is 2.94 bits per heavy atom. The summed E-state index contributed by atoms with van der Waals surface area (Å²) in [6.45, 7) is 4.83. The van der Waals surface area contributed by atoms with E-state index >= 15 is 0 Å². The lowest BCUT2D eigenvalue weighted by atomic mass is 10.1. The van der Waals surface area contributed by atoms with Crippen LogP contribution in [0.4, 0.5) is 0 Å². The minimum absolute atomic E-state index is 0.429. The number of aryl methyl sites for hydroxylation is 1. The summed E-state index contributed by atoms with van der Waals surface area (Å²) in [6.07, 6.45) is 2.37. The number of nitrogens with zero attached hydrogens (tertiary/aromatic N) is 2. The molecular weight excluding hydrogens is 226 g/mol. The number of aromatic nitrogens is 2. The maximum Gasteiger partial charge on any atom is 0.0955 e. The fraction of sp³-hybridized carbons (Fsp3) is 0.500. The van der Waals surface area contributed by atoms with Gasteiger partial charge < -0.3 is 15.0 Å². The molecular formula is C14H21N3O. The Bertz CT molecular complexity index is 521. The molecule has 0 aliphatic carbocycles. The van der Waals surface area contributed by atoms with E-state index in [1.165, 1.54) is 0 Å². The van der Waals surface area contributed by atoms with E-state index in [2.05, 4.69) is 24.1 Å². The van der Waals surface area contributed by atoms with Gasteiger partial charge in [-0.15, -0.1) is 0 Å². The molecule has 4 heteroatoms. The number of hydrogen-bond acceptors (Lipinski definition) is 3. The molecule has 0 amide bonds. The van der Waals surface area contributed by atoms with Crippen molar-refractivity contribution in [2.45, 2.75) is 32.4 Å². The van der Waals surface area contributed by atoms with Gasteiger partial charge >= 0.3 is 0 Å². The molecule has 1 aromatic carbocycles. The first kappa shape index (κ1) is 13.1. The largest absolute Gasteiger partial charge is 0.387 e. The number of nitrogens with one attached hydrogen (secondary N) is 1. The molecule has 0 saturated carbocycles. The SMILES string of the molecule is CCC(C)NCC(O)c1ccc2c(c1)ncn2C. The fourth-order valence-electron chi connectivity index (χ4n) is 1.94. The lowest BCUT2D eigenvalue weighted by Gasteiger charge is -2.16. The Balaban J connectivity index is 2.10. The minimum Gasteiger partial charge on any atom is -0.387 e. The zero-order valence-corrected chi connectivity index (χ0v) is 11.2. The van der Waals surface area contributed by atoms with Crippen molar-refractivity contribution in [1.29, 1.82) is 0 Å². The molecule has 0 fully saturated rings. The quantitative estimate of drug-likeness (QED) is 0.849. The second kappa shape index (κ2) is 5.50. The average molecular weight is 247 g/mol. The van der Waals surface area contributed by atoms with Crippen molar-refractivity contribution in [3.63, 3.8) is 0 Å². The zero-order chi connectivity index (χ0) is 13.1. The highest BCUT2D eigenvalue weighted by Gasteiger charge is 2.10. The van der Waals surface area contributed by atoms with Crippen LogP contribution < -0.4 is 5.32 Å². The number of rotatable bonds is 5. The van der Waals surface area contributed by atoms with Gasteiger partial charge in [-0.3, -0.25) is 0 Å². The molecule has 2 unspecified atom stereocenters. The topological polar surface area (TPSA) is 50.1 Å². The smallest absolute Gasteiger partial charge is 0.0955 e. The number of imidazole rings is 1. The summed E-state index contributed by atoms with van der Waals surface area (Å²) in [6, 6.07) is 6.35. The summed E-state index contributed by atoms with van der Waals surface area (Å²) >= 11 is 0. The summed E-state index contributed by atoms with van der Waals surface area (Å²) < 4.78 is 1.98. The van der Waals surface area contributed by atoms with E-state index in [0.29, 0.717) is 12.6 Å². The molecule has 98 valence electrons. The van der Waals surface area contributed by atoms with Gasteiger partial charge in [0.25, 0.3) is 0 Å². The Kier molecular flexibility index (Phi) is 3.99. The Morgan fingerprint density at radius 2 is 2.22 bits per heavy atom.